The van der Waals surface area contributed by atoms with E-state index in [0.717, 1.165) is 5.70 Å². The van der Waals surface area contributed by atoms with Crippen LogP contribution in [0.25, 0.3) is 0 Å². The molecule has 0 radical (unpaired) electrons. The molecule has 0 spiro atoms. The minimum Gasteiger partial charge on any atom is -0.401 e. The molecule has 1 heterocycles. The van der Waals surface area contributed by atoms with E-state index >= 15 is 0 Å². The molecule has 0 aliphatic carbocycles. The van der Waals surface area contributed by atoms with E-state index in [9.17, 15) is 4.79 Å². The van der Waals surface area contributed by atoms with Crippen molar-refractivity contribution in [3.63, 3.8) is 0 Å². The van der Waals surface area contributed by atoms with Crippen molar-refractivity contribution in [3.8, 4) is 0 Å². The maximum absolute atomic E-state index is 11.0. The van der Waals surface area contributed by atoms with E-state index in [1.807, 2.05) is 6.92 Å². The first-order valence-corrected chi connectivity index (χ1v) is 3.34. The van der Waals surface area contributed by atoms with Gasteiger partial charge in [-0.2, -0.15) is 0 Å². The molecule has 3 nitrogen and oxygen atoms in total. The van der Waals surface area contributed by atoms with Gasteiger partial charge in [-0.1, -0.05) is 6.92 Å². The molecule has 3 heteroatoms. The standard InChI is InChI=1S/C7H12N2O/c1-5-3-7(10)9(2)4-6(5)8/h4-5H,3,8H2,1-2H3. The highest BCUT2D eigenvalue weighted by Crippen LogP contribution is 2.16. The van der Waals surface area contributed by atoms with E-state index in [-0.39, 0.29) is 11.8 Å². The summed E-state index contributed by atoms with van der Waals surface area (Å²) < 4.78 is 0. The fourth-order valence-corrected chi connectivity index (χ4v) is 0.947. The van der Waals surface area contributed by atoms with Crippen LogP contribution in [-0.4, -0.2) is 17.9 Å². The van der Waals surface area contributed by atoms with Crippen molar-refractivity contribution in [1.29, 1.82) is 0 Å². The molecule has 0 bridgehead atoms. The summed E-state index contributed by atoms with van der Waals surface area (Å²) in [6, 6.07) is 0. The molecule has 0 aromatic carbocycles. The Balaban J connectivity index is 2.79. The highest BCUT2D eigenvalue weighted by atomic mass is 16.2. The summed E-state index contributed by atoms with van der Waals surface area (Å²) in [6.45, 7) is 1.96. The predicted molar refractivity (Wildman–Crippen MR) is 38.8 cm³/mol. The number of allylic oxidation sites excluding steroid dienone is 1. The van der Waals surface area contributed by atoms with Crippen LogP contribution < -0.4 is 5.73 Å². The third kappa shape index (κ3) is 1.12. The summed E-state index contributed by atoms with van der Waals surface area (Å²) in [4.78, 5) is 12.5. The molecule has 1 aliphatic heterocycles. The van der Waals surface area contributed by atoms with Gasteiger partial charge in [0.2, 0.25) is 5.91 Å². The number of rotatable bonds is 0. The zero-order valence-electron chi connectivity index (χ0n) is 6.29. The summed E-state index contributed by atoms with van der Waals surface area (Å²) >= 11 is 0. The molecular formula is C7H12N2O. The quantitative estimate of drug-likeness (QED) is 0.525. The Bertz CT molecular complexity index is 186. The molecular weight excluding hydrogens is 128 g/mol. The lowest BCUT2D eigenvalue weighted by Crippen LogP contribution is -2.31. The fourth-order valence-electron chi connectivity index (χ4n) is 0.947. The van der Waals surface area contributed by atoms with Crippen LogP contribution in [-0.2, 0) is 4.79 Å². The van der Waals surface area contributed by atoms with Gasteiger partial charge >= 0.3 is 0 Å². The van der Waals surface area contributed by atoms with E-state index in [4.69, 9.17) is 5.73 Å². The van der Waals surface area contributed by atoms with Gasteiger partial charge < -0.3 is 10.6 Å². The monoisotopic (exact) mass is 140 g/mol. The first-order valence-electron chi connectivity index (χ1n) is 3.34. The lowest BCUT2D eigenvalue weighted by atomic mass is 10.0. The zero-order chi connectivity index (χ0) is 7.72. The summed E-state index contributed by atoms with van der Waals surface area (Å²) in [7, 11) is 1.72. The Kier molecular flexibility index (Phi) is 1.66. The van der Waals surface area contributed by atoms with Gasteiger partial charge in [-0.25, -0.2) is 0 Å². The number of carbonyl (C=O) groups excluding carboxylic acids is 1. The molecule has 1 rings (SSSR count). The second-order valence-corrected chi connectivity index (χ2v) is 2.74. The van der Waals surface area contributed by atoms with Crippen LogP contribution in [0.1, 0.15) is 13.3 Å². The lowest BCUT2D eigenvalue weighted by Gasteiger charge is -2.23. The summed E-state index contributed by atoms with van der Waals surface area (Å²) in [5, 5.41) is 0. The Morgan fingerprint density at radius 3 is 2.90 bits per heavy atom. The van der Waals surface area contributed by atoms with Crippen molar-refractivity contribution in [2.24, 2.45) is 11.7 Å². The average molecular weight is 140 g/mol. The SMILES string of the molecule is CC1CC(=O)N(C)C=C1N. The molecule has 0 aromatic rings. The lowest BCUT2D eigenvalue weighted by molar-refractivity contribution is -0.129. The number of nitrogens with two attached hydrogens (primary N) is 1. The molecule has 1 amide bonds. The van der Waals surface area contributed by atoms with Gasteiger partial charge in [0.05, 0.1) is 0 Å². The molecule has 0 saturated heterocycles. The summed E-state index contributed by atoms with van der Waals surface area (Å²) in [5.74, 6) is 0.352. The van der Waals surface area contributed by atoms with Gasteiger partial charge in [0, 0.05) is 31.3 Å². The molecule has 0 aromatic heterocycles. The third-order valence-electron chi connectivity index (χ3n) is 1.79. The predicted octanol–water partition coefficient (Wildman–Crippen LogP) is 0.285. The second-order valence-electron chi connectivity index (χ2n) is 2.74. The molecule has 1 aliphatic rings. The maximum atomic E-state index is 11.0. The van der Waals surface area contributed by atoms with Gasteiger partial charge in [0.1, 0.15) is 0 Å². The van der Waals surface area contributed by atoms with Gasteiger partial charge in [-0.3, -0.25) is 4.79 Å². The first kappa shape index (κ1) is 7.12. The van der Waals surface area contributed by atoms with Gasteiger partial charge in [0.25, 0.3) is 0 Å². The molecule has 1 atom stereocenters. The largest absolute Gasteiger partial charge is 0.401 e. The molecule has 0 saturated carbocycles. The van der Waals surface area contributed by atoms with Crippen molar-refractivity contribution < 1.29 is 4.79 Å². The van der Waals surface area contributed by atoms with Crippen LogP contribution >= 0.6 is 0 Å². The number of nitrogens with zero attached hydrogens (tertiary/aromatic N) is 1. The van der Waals surface area contributed by atoms with E-state index in [1.165, 1.54) is 4.90 Å². The van der Waals surface area contributed by atoms with Crippen LogP contribution in [0.2, 0.25) is 0 Å². The maximum Gasteiger partial charge on any atom is 0.226 e. The van der Waals surface area contributed by atoms with Crippen LogP contribution in [0, 0.1) is 5.92 Å². The number of hydrogen-bond donors (Lipinski definition) is 1. The highest BCUT2D eigenvalue weighted by molar-refractivity contribution is 5.78. The number of hydrogen-bond acceptors (Lipinski definition) is 2. The Morgan fingerprint density at radius 1 is 1.80 bits per heavy atom. The fraction of sp³-hybridized carbons (Fsp3) is 0.571. The van der Waals surface area contributed by atoms with E-state index in [0.29, 0.717) is 6.42 Å². The van der Waals surface area contributed by atoms with E-state index in [1.54, 1.807) is 13.2 Å². The Labute approximate surface area is 60.5 Å². The normalized spacial score (nSPS) is 26.6. The molecule has 1 unspecified atom stereocenters. The number of carbonyl (C=O) groups is 1. The number of amides is 1. The zero-order valence-corrected chi connectivity index (χ0v) is 6.29. The topological polar surface area (TPSA) is 46.3 Å². The molecule has 56 valence electrons. The van der Waals surface area contributed by atoms with Crippen molar-refractivity contribution in [3.05, 3.63) is 11.9 Å². The van der Waals surface area contributed by atoms with E-state index in [2.05, 4.69) is 0 Å². The minimum absolute atomic E-state index is 0.140. The smallest absolute Gasteiger partial charge is 0.226 e. The van der Waals surface area contributed by atoms with Crippen molar-refractivity contribution in [2.75, 3.05) is 7.05 Å². The van der Waals surface area contributed by atoms with Gasteiger partial charge in [0.15, 0.2) is 0 Å². The highest BCUT2D eigenvalue weighted by Gasteiger charge is 2.19. The van der Waals surface area contributed by atoms with Gasteiger partial charge in [-0.05, 0) is 0 Å². The second kappa shape index (κ2) is 2.33. The molecule has 0 fully saturated rings. The average Bonchev–Trinajstić information content (AvgIpc) is 1.84. The van der Waals surface area contributed by atoms with Crippen molar-refractivity contribution >= 4 is 5.91 Å². The van der Waals surface area contributed by atoms with Crippen LogP contribution in [0.15, 0.2) is 11.9 Å². The minimum atomic E-state index is 0.140. The van der Waals surface area contributed by atoms with Crippen molar-refractivity contribution in [1.82, 2.24) is 4.90 Å². The third-order valence-corrected chi connectivity index (χ3v) is 1.79. The van der Waals surface area contributed by atoms with Crippen LogP contribution in [0.4, 0.5) is 0 Å². The van der Waals surface area contributed by atoms with Crippen LogP contribution in [0.5, 0.6) is 0 Å². The molecule has 2 N–H and O–H groups in total. The first-order chi connectivity index (χ1) is 4.61. The Hall–Kier alpha value is -0.990. The summed E-state index contributed by atoms with van der Waals surface area (Å²) in [6.07, 6.45) is 2.23. The Morgan fingerprint density at radius 2 is 2.40 bits per heavy atom. The van der Waals surface area contributed by atoms with E-state index < -0.39 is 0 Å². The van der Waals surface area contributed by atoms with Crippen molar-refractivity contribution in [2.45, 2.75) is 13.3 Å². The van der Waals surface area contributed by atoms with Gasteiger partial charge in [-0.15, -0.1) is 0 Å². The summed E-state index contributed by atoms with van der Waals surface area (Å²) in [5.41, 5.74) is 6.39. The van der Waals surface area contributed by atoms with Crippen LogP contribution in [0.3, 0.4) is 0 Å². The molecule has 10 heavy (non-hydrogen) atoms.